The molecule has 0 radical (unpaired) electrons. The lowest BCUT2D eigenvalue weighted by Gasteiger charge is -2.29. The highest BCUT2D eigenvalue weighted by atomic mass is 16.3. The van der Waals surface area contributed by atoms with Crippen LogP contribution in [0.2, 0.25) is 0 Å². The maximum absolute atomic E-state index is 8.83. The molecule has 1 heteroatoms. The molecule has 0 bridgehead atoms. The molecule has 0 saturated carbocycles. The van der Waals surface area contributed by atoms with Gasteiger partial charge in [-0.15, -0.1) is 0 Å². The first-order valence-electron chi connectivity index (χ1n) is 4.63. The third kappa shape index (κ3) is 4.41. The molecule has 0 heterocycles. The standard InChI is InChI=1S/C10H22O/c1-5-6-9(7-8-11)10(2,3)4/h9,11H,5-8H2,1-4H3. The Morgan fingerprint density at radius 1 is 1.18 bits per heavy atom. The SMILES string of the molecule is CCCC(CCO)C(C)(C)C. The molecule has 0 fully saturated rings. The van der Waals surface area contributed by atoms with Crippen molar-refractivity contribution in [3.8, 4) is 0 Å². The van der Waals surface area contributed by atoms with Crippen LogP contribution in [0, 0.1) is 11.3 Å². The molecule has 68 valence electrons. The summed E-state index contributed by atoms with van der Waals surface area (Å²) in [6.07, 6.45) is 3.42. The average Bonchev–Trinajstić information content (AvgIpc) is 1.85. The van der Waals surface area contributed by atoms with E-state index in [0.717, 1.165) is 6.42 Å². The molecule has 0 aromatic carbocycles. The predicted molar refractivity (Wildman–Crippen MR) is 49.6 cm³/mol. The molecule has 0 saturated heterocycles. The van der Waals surface area contributed by atoms with Crippen molar-refractivity contribution < 1.29 is 5.11 Å². The fourth-order valence-electron chi connectivity index (χ4n) is 1.51. The quantitative estimate of drug-likeness (QED) is 0.667. The van der Waals surface area contributed by atoms with Gasteiger partial charge in [0.2, 0.25) is 0 Å². The Morgan fingerprint density at radius 3 is 2.00 bits per heavy atom. The normalized spacial score (nSPS) is 15.0. The third-order valence-corrected chi connectivity index (χ3v) is 2.34. The van der Waals surface area contributed by atoms with Crippen LogP contribution in [0.15, 0.2) is 0 Å². The molecular weight excluding hydrogens is 136 g/mol. The summed E-state index contributed by atoms with van der Waals surface area (Å²) in [4.78, 5) is 0. The molecular formula is C10H22O. The zero-order valence-corrected chi connectivity index (χ0v) is 8.35. The predicted octanol–water partition coefficient (Wildman–Crippen LogP) is 2.83. The Hall–Kier alpha value is -0.0400. The summed E-state index contributed by atoms with van der Waals surface area (Å²) >= 11 is 0. The van der Waals surface area contributed by atoms with Crippen LogP contribution in [0.1, 0.15) is 47.0 Å². The molecule has 0 aromatic rings. The molecule has 1 unspecified atom stereocenters. The Balaban J connectivity index is 3.88. The van der Waals surface area contributed by atoms with Gasteiger partial charge in [-0.3, -0.25) is 0 Å². The summed E-state index contributed by atoms with van der Waals surface area (Å²) < 4.78 is 0. The zero-order valence-electron chi connectivity index (χ0n) is 8.35. The second-order valence-electron chi connectivity index (χ2n) is 4.36. The first kappa shape index (κ1) is 11.0. The van der Waals surface area contributed by atoms with E-state index in [-0.39, 0.29) is 0 Å². The van der Waals surface area contributed by atoms with Gasteiger partial charge < -0.3 is 5.11 Å². The number of rotatable bonds is 4. The van der Waals surface area contributed by atoms with E-state index in [1.807, 2.05) is 0 Å². The highest BCUT2D eigenvalue weighted by molar-refractivity contribution is 4.73. The average molecular weight is 158 g/mol. The fourth-order valence-corrected chi connectivity index (χ4v) is 1.51. The molecule has 0 rings (SSSR count). The fraction of sp³-hybridized carbons (Fsp3) is 1.00. The van der Waals surface area contributed by atoms with Crippen molar-refractivity contribution >= 4 is 0 Å². The number of aliphatic hydroxyl groups is 1. The minimum absolute atomic E-state index is 0.335. The van der Waals surface area contributed by atoms with Crippen molar-refractivity contribution in [2.45, 2.75) is 47.0 Å². The third-order valence-electron chi connectivity index (χ3n) is 2.34. The highest BCUT2D eigenvalue weighted by Gasteiger charge is 2.22. The summed E-state index contributed by atoms with van der Waals surface area (Å²) in [5.41, 5.74) is 0.360. The van der Waals surface area contributed by atoms with Gasteiger partial charge in [-0.1, -0.05) is 40.5 Å². The van der Waals surface area contributed by atoms with Crippen molar-refractivity contribution in [2.75, 3.05) is 6.61 Å². The summed E-state index contributed by atoms with van der Waals surface area (Å²) in [7, 11) is 0. The minimum Gasteiger partial charge on any atom is -0.396 e. The van der Waals surface area contributed by atoms with Gasteiger partial charge in [0.05, 0.1) is 0 Å². The second kappa shape index (κ2) is 4.76. The number of aliphatic hydroxyl groups excluding tert-OH is 1. The largest absolute Gasteiger partial charge is 0.396 e. The molecule has 0 aliphatic heterocycles. The summed E-state index contributed by atoms with van der Waals surface area (Å²) in [5, 5.41) is 8.83. The van der Waals surface area contributed by atoms with Gasteiger partial charge in [0.15, 0.2) is 0 Å². The van der Waals surface area contributed by atoms with Gasteiger partial charge in [0, 0.05) is 6.61 Å². The monoisotopic (exact) mass is 158 g/mol. The van der Waals surface area contributed by atoms with E-state index in [9.17, 15) is 0 Å². The summed E-state index contributed by atoms with van der Waals surface area (Å²) in [6, 6.07) is 0. The van der Waals surface area contributed by atoms with Crippen LogP contribution in [0.5, 0.6) is 0 Å². The van der Waals surface area contributed by atoms with E-state index in [0.29, 0.717) is 17.9 Å². The molecule has 11 heavy (non-hydrogen) atoms. The molecule has 1 atom stereocenters. The van der Waals surface area contributed by atoms with Crippen molar-refractivity contribution in [3.63, 3.8) is 0 Å². The van der Waals surface area contributed by atoms with Crippen LogP contribution in [0.3, 0.4) is 0 Å². The van der Waals surface area contributed by atoms with Crippen molar-refractivity contribution in [1.29, 1.82) is 0 Å². The van der Waals surface area contributed by atoms with Crippen molar-refractivity contribution in [1.82, 2.24) is 0 Å². The van der Waals surface area contributed by atoms with Crippen LogP contribution < -0.4 is 0 Å². The molecule has 0 aliphatic carbocycles. The Bertz CT molecular complexity index is 85.5. The lowest BCUT2D eigenvalue weighted by Crippen LogP contribution is -2.21. The second-order valence-corrected chi connectivity index (χ2v) is 4.36. The molecule has 1 nitrogen and oxygen atoms in total. The molecule has 0 amide bonds. The van der Waals surface area contributed by atoms with Gasteiger partial charge in [0.25, 0.3) is 0 Å². The molecule has 0 spiro atoms. The minimum atomic E-state index is 0.335. The molecule has 0 aliphatic rings. The van der Waals surface area contributed by atoms with Crippen LogP contribution >= 0.6 is 0 Å². The van der Waals surface area contributed by atoms with E-state index >= 15 is 0 Å². The van der Waals surface area contributed by atoms with Gasteiger partial charge in [-0.2, -0.15) is 0 Å². The van der Waals surface area contributed by atoms with Crippen molar-refractivity contribution in [2.24, 2.45) is 11.3 Å². The summed E-state index contributed by atoms with van der Waals surface area (Å²) in [5.74, 6) is 0.678. The highest BCUT2D eigenvalue weighted by Crippen LogP contribution is 2.31. The Labute approximate surface area is 70.8 Å². The zero-order chi connectivity index (χ0) is 8.91. The van der Waals surface area contributed by atoms with Crippen LogP contribution in [-0.4, -0.2) is 11.7 Å². The van der Waals surface area contributed by atoms with Gasteiger partial charge in [-0.25, -0.2) is 0 Å². The molecule has 1 N–H and O–H groups in total. The van der Waals surface area contributed by atoms with E-state index < -0.39 is 0 Å². The van der Waals surface area contributed by atoms with Crippen LogP contribution in [-0.2, 0) is 0 Å². The van der Waals surface area contributed by atoms with E-state index in [1.165, 1.54) is 12.8 Å². The first-order chi connectivity index (χ1) is 5.02. The van der Waals surface area contributed by atoms with Crippen LogP contribution in [0.25, 0.3) is 0 Å². The lowest BCUT2D eigenvalue weighted by molar-refractivity contribution is 0.164. The Morgan fingerprint density at radius 2 is 1.73 bits per heavy atom. The maximum Gasteiger partial charge on any atom is 0.0433 e. The Kier molecular flexibility index (Phi) is 4.74. The first-order valence-corrected chi connectivity index (χ1v) is 4.63. The topological polar surface area (TPSA) is 20.2 Å². The van der Waals surface area contributed by atoms with Gasteiger partial charge >= 0.3 is 0 Å². The molecule has 0 aromatic heterocycles. The van der Waals surface area contributed by atoms with Gasteiger partial charge in [-0.05, 0) is 17.8 Å². The van der Waals surface area contributed by atoms with Crippen LogP contribution in [0.4, 0.5) is 0 Å². The smallest absolute Gasteiger partial charge is 0.0433 e. The van der Waals surface area contributed by atoms with Gasteiger partial charge in [0.1, 0.15) is 0 Å². The number of hydrogen-bond acceptors (Lipinski definition) is 1. The maximum atomic E-state index is 8.83. The van der Waals surface area contributed by atoms with Crippen molar-refractivity contribution in [3.05, 3.63) is 0 Å². The summed E-state index contributed by atoms with van der Waals surface area (Å²) in [6.45, 7) is 9.30. The van der Waals surface area contributed by atoms with E-state index in [2.05, 4.69) is 27.7 Å². The van der Waals surface area contributed by atoms with E-state index in [1.54, 1.807) is 0 Å². The lowest BCUT2D eigenvalue weighted by atomic mass is 9.76. The van der Waals surface area contributed by atoms with E-state index in [4.69, 9.17) is 5.11 Å². The number of hydrogen-bond donors (Lipinski definition) is 1.